The third-order valence-corrected chi connectivity index (χ3v) is 4.01. The number of nitrogens with zero attached hydrogens (tertiary/aromatic N) is 2. The molecule has 0 radical (unpaired) electrons. The van der Waals surface area contributed by atoms with Crippen LogP contribution in [0.1, 0.15) is 26.7 Å². The summed E-state index contributed by atoms with van der Waals surface area (Å²) in [4.78, 5) is 32.3. The summed E-state index contributed by atoms with van der Waals surface area (Å²) in [5.41, 5.74) is 11.8. The zero-order chi connectivity index (χ0) is 17.4. The van der Waals surface area contributed by atoms with Crippen molar-refractivity contribution >= 4 is 51.5 Å². The van der Waals surface area contributed by atoms with Gasteiger partial charge in [-0.1, -0.05) is 41.4 Å². The molecule has 0 aliphatic carbocycles. The number of benzene rings is 2. The molecule has 0 aliphatic heterocycles. The van der Waals surface area contributed by atoms with Crippen molar-refractivity contribution in [3.05, 3.63) is 63.5 Å². The first-order valence-electron chi connectivity index (χ1n) is 6.74. The van der Waals surface area contributed by atoms with E-state index in [0.29, 0.717) is 10.9 Å². The average Bonchev–Trinajstić information content (AvgIpc) is 2.57. The molecule has 0 saturated heterocycles. The number of hydrogen-bond donors (Lipinski definition) is 2. The minimum Gasteiger partial charge on any atom is -0.396 e. The standard InChI is InChI=1S/C16H10Cl2N4O2/c17-9-5-7(6-10(18)12(9)19)14(23)13-8-3-1-2-4-11(8)21-16(22-13)15(20)24/h1-6H,19H2,(H2,20,24). The Morgan fingerprint density at radius 2 is 1.62 bits per heavy atom. The number of ketones is 1. The number of para-hydroxylation sites is 1. The van der Waals surface area contributed by atoms with Crippen LogP contribution >= 0.6 is 23.2 Å². The van der Waals surface area contributed by atoms with Gasteiger partial charge in [-0.05, 0) is 18.2 Å². The third-order valence-electron chi connectivity index (χ3n) is 3.38. The number of hydrogen-bond acceptors (Lipinski definition) is 5. The van der Waals surface area contributed by atoms with Gasteiger partial charge in [-0.3, -0.25) is 9.59 Å². The highest BCUT2D eigenvalue weighted by Crippen LogP contribution is 2.30. The Kier molecular flexibility index (Phi) is 4.09. The number of fused-ring (bicyclic) bond motifs is 1. The normalized spacial score (nSPS) is 10.8. The maximum atomic E-state index is 12.9. The van der Waals surface area contributed by atoms with Crippen molar-refractivity contribution in [1.82, 2.24) is 9.97 Å². The van der Waals surface area contributed by atoms with Crippen molar-refractivity contribution in [2.45, 2.75) is 0 Å². The third kappa shape index (κ3) is 2.77. The first-order chi connectivity index (χ1) is 11.4. The molecular formula is C16H10Cl2N4O2. The average molecular weight is 361 g/mol. The number of anilines is 1. The molecule has 0 aliphatic rings. The molecule has 24 heavy (non-hydrogen) atoms. The van der Waals surface area contributed by atoms with Gasteiger partial charge in [-0.2, -0.15) is 0 Å². The van der Waals surface area contributed by atoms with Gasteiger partial charge >= 0.3 is 0 Å². The van der Waals surface area contributed by atoms with E-state index in [1.807, 2.05) is 0 Å². The zero-order valence-electron chi connectivity index (χ0n) is 12.1. The highest BCUT2D eigenvalue weighted by molar-refractivity contribution is 6.39. The lowest BCUT2D eigenvalue weighted by atomic mass is 10.0. The fraction of sp³-hybridized carbons (Fsp3) is 0. The van der Waals surface area contributed by atoms with Crippen LogP contribution in [0.4, 0.5) is 5.69 Å². The van der Waals surface area contributed by atoms with Crippen molar-refractivity contribution in [3.63, 3.8) is 0 Å². The summed E-state index contributed by atoms with van der Waals surface area (Å²) < 4.78 is 0. The quantitative estimate of drug-likeness (QED) is 0.550. The first-order valence-corrected chi connectivity index (χ1v) is 7.50. The van der Waals surface area contributed by atoms with Gasteiger partial charge in [0.25, 0.3) is 5.91 Å². The second-order valence-corrected chi connectivity index (χ2v) is 5.77. The van der Waals surface area contributed by atoms with E-state index in [2.05, 4.69) is 9.97 Å². The number of aromatic nitrogens is 2. The Morgan fingerprint density at radius 3 is 2.25 bits per heavy atom. The summed E-state index contributed by atoms with van der Waals surface area (Å²) in [5.74, 6) is -1.55. The Bertz CT molecular complexity index is 982. The molecule has 0 saturated carbocycles. The van der Waals surface area contributed by atoms with E-state index < -0.39 is 11.7 Å². The maximum absolute atomic E-state index is 12.9. The molecule has 3 rings (SSSR count). The van der Waals surface area contributed by atoms with E-state index in [0.717, 1.165) is 0 Å². The highest BCUT2D eigenvalue weighted by Gasteiger charge is 2.20. The number of nitrogen functional groups attached to an aromatic ring is 1. The Labute approximate surface area is 146 Å². The van der Waals surface area contributed by atoms with Gasteiger partial charge in [0, 0.05) is 10.9 Å². The van der Waals surface area contributed by atoms with Crippen molar-refractivity contribution in [1.29, 1.82) is 0 Å². The summed E-state index contributed by atoms with van der Waals surface area (Å²) in [6, 6.07) is 9.58. The molecule has 4 N–H and O–H groups in total. The number of amides is 1. The fourth-order valence-corrected chi connectivity index (χ4v) is 2.70. The van der Waals surface area contributed by atoms with Crippen LogP contribution in [0.25, 0.3) is 10.9 Å². The first kappa shape index (κ1) is 16.2. The molecule has 1 amide bonds. The summed E-state index contributed by atoms with van der Waals surface area (Å²) in [6.07, 6.45) is 0. The maximum Gasteiger partial charge on any atom is 0.286 e. The monoisotopic (exact) mass is 360 g/mol. The van der Waals surface area contributed by atoms with Gasteiger partial charge in [0.1, 0.15) is 5.69 Å². The van der Waals surface area contributed by atoms with Crippen molar-refractivity contribution in [2.75, 3.05) is 5.73 Å². The van der Waals surface area contributed by atoms with Gasteiger partial charge in [0.05, 0.1) is 21.2 Å². The fourth-order valence-electron chi connectivity index (χ4n) is 2.21. The van der Waals surface area contributed by atoms with Crippen LogP contribution in [0, 0.1) is 0 Å². The topological polar surface area (TPSA) is 112 Å². The Balaban J connectivity index is 2.25. The second-order valence-electron chi connectivity index (χ2n) is 4.96. The van der Waals surface area contributed by atoms with Crippen LogP contribution in [-0.4, -0.2) is 21.7 Å². The molecule has 8 heteroatoms. The molecule has 0 fully saturated rings. The van der Waals surface area contributed by atoms with Gasteiger partial charge in [0.2, 0.25) is 11.6 Å². The Morgan fingerprint density at radius 1 is 1.00 bits per heavy atom. The molecule has 0 atom stereocenters. The van der Waals surface area contributed by atoms with Gasteiger partial charge in [-0.15, -0.1) is 0 Å². The van der Waals surface area contributed by atoms with E-state index in [4.69, 9.17) is 34.7 Å². The SMILES string of the molecule is NC(=O)c1nc(C(=O)c2cc(Cl)c(N)c(Cl)c2)c2ccccc2n1. The minimum atomic E-state index is -0.830. The predicted molar refractivity (Wildman–Crippen MR) is 92.4 cm³/mol. The molecule has 1 heterocycles. The van der Waals surface area contributed by atoms with Crippen LogP contribution in [-0.2, 0) is 0 Å². The van der Waals surface area contributed by atoms with Crippen LogP contribution in [0.5, 0.6) is 0 Å². The van der Waals surface area contributed by atoms with E-state index in [-0.39, 0.29) is 32.8 Å². The Hall–Kier alpha value is -2.70. The lowest BCUT2D eigenvalue weighted by molar-refractivity contribution is 0.0990. The summed E-state index contributed by atoms with van der Waals surface area (Å²) in [6.45, 7) is 0. The van der Waals surface area contributed by atoms with E-state index >= 15 is 0 Å². The molecule has 1 aromatic heterocycles. The number of nitrogens with two attached hydrogens (primary N) is 2. The van der Waals surface area contributed by atoms with E-state index in [1.54, 1.807) is 24.3 Å². The number of rotatable bonds is 3. The van der Waals surface area contributed by atoms with Crippen molar-refractivity contribution in [2.24, 2.45) is 5.73 Å². The van der Waals surface area contributed by atoms with Gasteiger partial charge < -0.3 is 11.5 Å². The van der Waals surface area contributed by atoms with Crippen molar-refractivity contribution in [3.8, 4) is 0 Å². The van der Waals surface area contributed by atoms with Crippen LogP contribution < -0.4 is 11.5 Å². The second kappa shape index (κ2) is 6.07. The minimum absolute atomic E-state index is 0.0336. The van der Waals surface area contributed by atoms with Crippen LogP contribution in [0.3, 0.4) is 0 Å². The smallest absolute Gasteiger partial charge is 0.286 e. The van der Waals surface area contributed by atoms with Crippen LogP contribution in [0.15, 0.2) is 36.4 Å². The molecule has 0 unspecified atom stereocenters. The molecule has 0 bridgehead atoms. The van der Waals surface area contributed by atoms with Crippen molar-refractivity contribution < 1.29 is 9.59 Å². The lowest BCUT2D eigenvalue weighted by Gasteiger charge is -2.08. The van der Waals surface area contributed by atoms with Gasteiger partial charge in [0.15, 0.2) is 0 Å². The number of carbonyl (C=O) groups is 2. The molecule has 120 valence electrons. The number of carbonyl (C=O) groups excluding carboxylic acids is 2. The number of primary amides is 1. The molecule has 6 nitrogen and oxygen atoms in total. The largest absolute Gasteiger partial charge is 0.396 e. The predicted octanol–water partition coefficient (Wildman–Crippen LogP) is 2.85. The summed E-state index contributed by atoms with van der Waals surface area (Å²) >= 11 is 12.0. The molecule has 2 aromatic carbocycles. The van der Waals surface area contributed by atoms with E-state index in [1.165, 1.54) is 12.1 Å². The molecule has 0 spiro atoms. The van der Waals surface area contributed by atoms with E-state index in [9.17, 15) is 9.59 Å². The lowest BCUT2D eigenvalue weighted by Crippen LogP contribution is -2.18. The molecule has 3 aromatic rings. The molecular weight excluding hydrogens is 351 g/mol. The van der Waals surface area contributed by atoms with Crippen LogP contribution in [0.2, 0.25) is 10.0 Å². The summed E-state index contributed by atoms with van der Waals surface area (Å²) in [5, 5.41) is 0.787. The summed E-state index contributed by atoms with van der Waals surface area (Å²) in [7, 11) is 0. The zero-order valence-corrected chi connectivity index (χ0v) is 13.6. The van der Waals surface area contributed by atoms with Gasteiger partial charge in [-0.25, -0.2) is 9.97 Å². The highest BCUT2D eigenvalue weighted by atomic mass is 35.5. The number of halogens is 2.